The molecule has 0 heterocycles. The van der Waals surface area contributed by atoms with Crippen LogP contribution in [0.1, 0.15) is 42.2 Å². The molecular weight excluding hydrogens is 346 g/mol. The number of thioether (sulfide) groups is 1. The summed E-state index contributed by atoms with van der Waals surface area (Å²) >= 11 is 1.50. The molecule has 0 saturated carbocycles. The topological polar surface area (TPSA) is 55.4 Å². The monoisotopic (exact) mass is 371 g/mol. The van der Waals surface area contributed by atoms with Gasteiger partial charge in [-0.25, -0.2) is 4.79 Å². The molecule has 0 spiro atoms. The largest absolute Gasteiger partial charge is 0.464 e. The fraction of sp³-hybridized carbons (Fsp3) is 0.333. The van der Waals surface area contributed by atoms with Crippen molar-refractivity contribution in [2.75, 3.05) is 12.9 Å². The predicted octanol–water partition coefficient (Wildman–Crippen LogP) is 4.47. The lowest BCUT2D eigenvalue weighted by Crippen LogP contribution is -2.35. The van der Waals surface area contributed by atoms with Crippen LogP contribution < -0.4 is 5.32 Å². The van der Waals surface area contributed by atoms with Gasteiger partial charge in [-0.15, -0.1) is 11.8 Å². The first-order valence-corrected chi connectivity index (χ1v) is 9.91. The van der Waals surface area contributed by atoms with Crippen molar-refractivity contribution in [3.8, 4) is 0 Å². The number of rotatable bonds is 8. The number of carbonyl (C=O) groups excluding carboxylic acids is 2. The second-order valence-electron chi connectivity index (χ2n) is 6.37. The molecule has 2 aromatic rings. The maximum absolute atomic E-state index is 12.8. The van der Waals surface area contributed by atoms with Gasteiger partial charge in [-0.1, -0.05) is 56.3 Å². The summed E-state index contributed by atoms with van der Waals surface area (Å²) in [5.74, 6) is -0.280. The summed E-state index contributed by atoms with van der Waals surface area (Å²) in [5.41, 5.74) is 1.26. The SMILES string of the molecule is CSc1ccccc1C(=O)NC(C(=O)OCCC(C)C)c1ccccc1. The Morgan fingerprint density at radius 2 is 1.69 bits per heavy atom. The third kappa shape index (κ3) is 5.63. The van der Waals surface area contributed by atoms with Gasteiger partial charge in [0.1, 0.15) is 0 Å². The summed E-state index contributed by atoms with van der Waals surface area (Å²) < 4.78 is 5.40. The van der Waals surface area contributed by atoms with Crippen molar-refractivity contribution in [3.05, 3.63) is 65.7 Å². The lowest BCUT2D eigenvalue weighted by Gasteiger charge is -2.19. The van der Waals surface area contributed by atoms with Gasteiger partial charge in [0.2, 0.25) is 0 Å². The molecule has 138 valence electrons. The van der Waals surface area contributed by atoms with Crippen LogP contribution in [0.25, 0.3) is 0 Å². The van der Waals surface area contributed by atoms with Gasteiger partial charge in [0.25, 0.3) is 5.91 Å². The van der Waals surface area contributed by atoms with Gasteiger partial charge in [0.05, 0.1) is 12.2 Å². The summed E-state index contributed by atoms with van der Waals surface area (Å²) in [6.45, 7) is 4.49. The first kappa shape index (κ1) is 20.0. The Labute approximate surface area is 159 Å². The molecule has 4 nitrogen and oxygen atoms in total. The Bertz CT molecular complexity index is 731. The second-order valence-corrected chi connectivity index (χ2v) is 7.22. The number of amides is 1. The molecule has 2 rings (SSSR count). The fourth-order valence-electron chi connectivity index (χ4n) is 2.44. The van der Waals surface area contributed by atoms with Crippen molar-refractivity contribution in [1.29, 1.82) is 0 Å². The minimum absolute atomic E-state index is 0.287. The van der Waals surface area contributed by atoms with Gasteiger partial charge in [0.15, 0.2) is 6.04 Å². The van der Waals surface area contributed by atoms with Gasteiger partial charge >= 0.3 is 5.97 Å². The highest BCUT2D eigenvalue weighted by atomic mass is 32.2. The molecular formula is C21H25NO3S. The number of ether oxygens (including phenoxy) is 1. The molecule has 0 fully saturated rings. The summed E-state index contributed by atoms with van der Waals surface area (Å²) in [6.07, 6.45) is 2.71. The minimum Gasteiger partial charge on any atom is -0.464 e. The Kier molecular flexibility index (Phi) is 7.73. The molecule has 0 radical (unpaired) electrons. The summed E-state index contributed by atoms with van der Waals surface area (Å²) in [7, 11) is 0. The van der Waals surface area contributed by atoms with Crippen molar-refractivity contribution in [1.82, 2.24) is 5.32 Å². The Hall–Kier alpha value is -2.27. The van der Waals surface area contributed by atoms with Crippen molar-refractivity contribution < 1.29 is 14.3 Å². The van der Waals surface area contributed by atoms with Crippen LogP contribution in [0.15, 0.2) is 59.5 Å². The average Bonchev–Trinajstić information content (AvgIpc) is 2.66. The molecule has 1 unspecified atom stereocenters. The summed E-state index contributed by atoms with van der Waals surface area (Å²) in [5, 5.41) is 2.84. The third-order valence-electron chi connectivity index (χ3n) is 3.94. The summed E-state index contributed by atoms with van der Waals surface area (Å²) in [4.78, 5) is 26.2. The van der Waals surface area contributed by atoms with Crippen LogP contribution in [0.4, 0.5) is 0 Å². The lowest BCUT2D eigenvalue weighted by molar-refractivity contribution is -0.146. The Morgan fingerprint density at radius 3 is 2.35 bits per heavy atom. The zero-order valence-corrected chi connectivity index (χ0v) is 16.2. The zero-order valence-electron chi connectivity index (χ0n) is 15.4. The first-order chi connectivity index (χ1) is 12.5. The van der Waals surface area contributed by atoms with Crippen LogP contribution in [0.5, 0.6) is 0 Å². The highest BCUT2D eigenvalue weighted by Crippen LogP contribution is 2.22. The number of hydrogen-bond donors (Lipinski definition) is 1. The van der Waals surface area contributed by atoms with E-state index in [-0.39, 0.29) is 5.91 Å². The van der Waals surface area contributed by atoms with Crippen LogP contribution in [-0.2, 0) is 9.53 Å². The molecule has 26 heavy (non-hydrogen) atoms. The molecule has 0 aliphatic heterocycles. The zero-order chi connectivity index (χ0) is 18.9. The standard InChI is InChI=1S/C21H25NO3S/c1-15(2)13-14-25-21(24)19(16-9-5-4-6-10-16)22-20(23)17-11-7-8-12-18(17)26-3/h4-12,15,19H,13-14H2,1-3H3,(H,22,23). The van der Waals surface area contributed by atoms with Crippen molar-refractivity contribution in [3.63, 3.8) is 0 Å². The molecule has 0 aliphatic carbocycles. The van der Waals surface area contributed by atoms with Crippen molar-refractivity contribution in [2.24, 2.45) is 5.92 Å². The Morgan fingerprint density at radius 1 is 1.04 bits per heavy atom. The van der Waals surface area contributed by atoms with E-state index in [0.717, 1.165) is 11.3 Å². The maximum Gasteiger partial charge on any atom is 0.333 e. The first-order valence-electron chi connectivity index (χ1n) is 8.68. The van der Waals surface area contributed by atoms with E-state index in [1.54, 1.807) is 6.07 Å². The molecule has 0 aliphatic rings. The molecule has 5 heteroatoms. The van der Waals surface area contributed by atoms with E-state index in [1.807, 2.05) is 54.8 Å². The van der Waals surface area contributed by atoms with E-state index in [1.165, 1.54) is 11.8 Å². The molecule has 1 N–H and O–H groups in total. The number of esters is 1. The molecule has 1 atom stereocenters. The summed E-state index contributed by atoms with van der Waals surface area (Å²) in [6, 6.07) is 15.7. The van der Waals surface area contributed by atoms with E-state index < -0.39 is 12.0 Å². The highest BCUT2D eigenvalue weighted by molar-refractivity contribution is 7.98. The van der Waals surface area contributed by atoms with Gasteiger partial charge in [-0.3, -0.25) is 4.79 Å². The van der Waals surface area contributed by atoms with Gasteiger partial charge in [-0.2, -0.15) is 0 Å². The van der Waals surface area contributed by atoms with Crippen LogP contribution in [-0.4, -0.2) is 24.7 Å². The quantitative estimate of drug-likeness (QED) is 0.549. The van der Waals surface area contributed by atoms with Gasteiger partial charge in [-0.05, 0) is 36.3 Å². The van der Waals surface area contributed by atoms with E-state index in [0.29, 0.717) is 23.7 Å². The maximum atomic E-state index is 12.8. The third-order valence-corrected chi connectivity index (χ3v) is 4.73. The van der Waals surface area contributed by atoms with Crippen molar-refractivity contribution >= 4 is 23.6 Å². The van der Waals surface area contributed by atoms with Gasteiger partial charge < -0.3 is 10.1 Å². The van der Waals surface area contributed by atoms with E-state index in [9.17, 15) is 9.59 Å². The van der Waals surface area contributed by atoms with Crippen LogP contribution in [0.2, 0.25) is 0 Å². The predicted molar refractivity (Wildman–Crippen MR) is 105 cm³/mol. The Balaban J connectivity index is 2.18. The second kappa shape index (κ2) is 10.0. The van der Waals surface area contributed by atoms with Crippen molar-refractivity contribution in [2.45, 2.75) is 31.2 Å². The minimum atomic E-state index is -0.828. The van der Waals surface area contributed by atoms with E-state index in [2.05, 4.69) is 19.2 Å². The number of benzene rings is 2. The van der Waals surface area contributed by atoms with E-state index >= 15 is 0 Å². The number of nitrogens with one attached hydrogen (secondary N) is 1. The normalized spacial score (nSPS) is 11.8. The average molecular weight is 372 g/mol. The van der Waals surface area contributed by atoms with Crippen LogP contribution >= 0.6 is 11.8 Å². The lowest BCUT2D eigenvalue weighted by atomic mass is 10.1. The van der Waals surface area contributed by atoms with Gasteiger partial charge in [0, 0.05) is 4.90 Å². The smallest absolute Gasteiger partial charge is 0.333 e. The molecule has 0 saturated heterocycles. The fourth-order valence-corrected chi connectivity index (χ4v) is 3.04. The number of hydrogen-bond acceptors (Lipinski definition) is 4. The highest BCUT2D eigenvalue weighted by Gasteiger charge is 2.25. The van der Waals surface area contributed by atoms with Crippen LogP contribution in [0, 0.1) is 5.92 Å². The molecule has 0 aromatic heterocycles. The number of carbonyl (C=O) groups is 2. The van der Waals surface area contributed by atoms with E-state index in [4.69, 9.17) is 4.74 Å². The van der Waals surface area contributed by atoms with Crippen LogP contribution in [0.3, 0.4) is 0 Å². The molecule has 0 bridgehead atoms. The molecule has 1 amide bonds. The molecule has 2 aromatic carbocycles.